The molecule has 0 aliphatic carbocycles. The summed E-state index contributed by atoms with van der Waals surface area (Å²) in [6, 6.07) is 12.1. The van der Waals surface area contributed by atoms with Crippen LogP contribution in [0.5, 0.6) is 0 Å². The number of nitrogens with zero attached hydrogens (tertiary/aromatic N) is 1. The Kier molecular flexibility index (Phi) is 8.14. The van der Waals surface area contributed by atoms with Gasteiger partial charge in [-0.1, -0.05) is 36.4 Å². The normalized spacial score (nSPS) is 11.6. The second-order valence-electron chi connectivity index (χ2n) is 5.06. The van der Waals surface area contributed by atoms with E-state index >= 15 is 0 Å². The van der Waals surface area contributed by atoms with Gasteiger partial charge in [-0.05, 0) is 23.3 Å². The molecule has 0 spiro atoms. The third-order valence-electron chi connectivity index (χ3n) is 3.35. The molecule has 0 aliphatic heterocycles. The number of hydrogen-bond donors (Lipinski definition) is 2. The Hall–Kier alpha value is -1.84. The summed E-state index contributed by atoms with van der Waals surface area (Å²) in [6.45, 7) is 0.361. The van der Waals surface area contributed by atoms with Crippen molar-refractivity contribution in [1.29, 1.82) is 0 Å². The SMILES string of the molecule is CN=C(NCc1ccccc1)NCc1ccc(F)cc1C(F)(F)F.I. The summed E-state index contributed by atoms with van der Waals surface area (Å²) in [4.78, 5) is 3.97. The zero-order valence-corrected chi connectivity index (χ0v) is 15.7. The first-order valence-corrected chi connectivity index (χ1v) is 7.24. The van der Waals surface area contributed by atoms with E-state index in [9.17, 15) is 17.6 Å². The molecule has 8 heteroatoms. The Morgan fingerprint density at radius 3 is 2.24 bits per heavy atom. The zero-order valence-electron chi connectivity index (χ0n) is 13.4. The standard InChI is InChI=1S/C17H17F4N3.HI/c1-22-16(23-10-12-5-3-2-4-6-12)24-11-13-7-8-14(18)9-15(13)17(19,20)21;/h2-9H,10-11H2,1H3,(H2,22,23,24);1H. The summed E-state index contributed by atoms with van der Waals surface area (Å²) in [5.74, 6) is -0.561. The topological polar surface area (TPSA) is 36.4 Å². The van der Waals surface area contributed by atoms with Crippen LogP contribution in [0.2, 0.25) is 0 Å². The van der Waals surface area contributed by atoms with E-state index in [4.69, 9.17) is 0 Å². The lowest BCUT2D eigenvalue weighted by Gasteiger charge is -2.16. The van der Waals surface area contributed by atoms with E-state index in [0.717, 1.165) is 17.7 Å². The van der Waals surface area contributed by atoms with Gasteiger partial charge in [-0.15, -0.1) is 24.0 Å². The fourth-order valence-corrected chi connectivity index (χ4v) is 2.15. The minimum Gasteiger partial charge on any atom is -0.352 e. The van der Waals surface area contributed by atoms with Crippen molar-refractivity contribution in [3.63, 3.8) is 0 Å². The molecule has 2 rings (SSSR count). The van der Waals surface area contributed by atoms with Gasteiger partial charge in [0, 0.05) is 20.1 Å². The van der Waals surface area contributed by atoms with Crippen molar-refractivity contribution >= 4 is 29.9 Å². The van der Waals surface area contributed by atoms with Crippen LogP contribution in [-0.4, -0.2) is 13.0 Å². The highest BCUT2D eigenvalue weighted by molar-refractivity contribution is 14.0. The Balaban J connectivity index is 0.00000312. The van der Waals surface area contributed by atoms with Crippen LogP contribution in [0.15, 0.2) is 53.5 Å². The molecule has 2 N–H and O–H groups in total. The molecule has 0 saturated heterocycles. The third kappa shape index (κ3) is 6.52. The van der Waals surface area contributed by atoms with E-state index in [1.165, 1.54) is 7.05 Å². The lowest BCUT2D eigenvalue weighted by atomic mass is 10.1. The number of benzene rings is 2. The summed E-state index contributed by atoms with van der Waals surface area (Å²) in [5, 5.41) is 5.81. The van der Waals surface area contributed by atoms with Gasteiger partial charge in [0.25, 0.3) is 0 Å². The maximum atomic E-state index is 13.1. The predicted molar refractivity (Wildman–Crippen MR) is 100 cm³/mol. The molecule has 0 fully saturated rings. The smallest absolute Gasteiger partial charge is 0.352 e. The molecular formula is C17H18F4IN3. The quantitative estimate of drug-likeness (QED) is 0.304. The summed E-state index contributed by atoms with van der Waals surface area (Å²) < 4.78 is 52.0. The lowest BCUT2D eigenvalue weighted by Crippen LogP contribution is -2.36. The molecule has 0 radical (unpaired) electrons. The lowest BCUT2D eigenvalue weighted by molar-refractivity contribution is -0.138. The molecule has 0 atom stereocenters. The predicted octanol–water partition coefficient (Wildman–Crippen LogP) is 4.33. The van der Waals surface area contributed by atoms with Gasteiger partial charge in [0.1, 0.15) is 5.82 Å². The van der Waals surface area contributed by atoms with Crippen LogP contribution in [-0.2, 0) is 19.3 Å². The van der Waals surface area contributed by atoms with E-state index in [-0.39, 0.29) is 36.1 Å². The molecule has 0 aliphatic rings. The van der Waals surface area contributed by atoms with Crippen LogP contribution in [0.3, 0.4) is 0 Å². The van der Waals surface area contributed by atoms with Gasteiger partial charge in [-0.2, -0.15) is 13.2 Å². The molecule has 0 unspecified atom stereocenters. The molecule has 2 aromatic rings. The number of halogens is 5. The summed E-state index contributed by atoms with van der Waals surface area (Å²) >= 11 is 0. The number of guanidine groups is 1. The van der Waals surface area contributed by atoms with Crippen LogP contribution >= 0.6 is 24.0 Å². The van der Waals surface area contributed by atoms with Gasteiger partial charge in [-0.3, -0.25) is 4.99 Å². The van der Waals surface area contributed by atoms with Crippen LogP contribution in [0, 0.1) is 5.82 Å². The maximum absolute atomic E-state index is 13.1. The van der Waals surface area contributed by atoms with Crippen molar-refractivity contribution in [2.45, 2.75) is 19.3 Å². The summed E-state index contributed by atoms with van der Waals surface area (Å²) in [5.41, 5.74) is -0.0294. The largest absolute Gasteiger partial charge is 0.416 e. The third-order valence-corrected chi connectivity index (χ3v) is 3.35. The van der Waals surface area contributed by atoms with Crippen molar-refractivity contribution in [3.8, 4) is 0 Å². The molecule has 25 heavy (non-hydrogen) atoms. The number of nitrogens with one attached hydrogen (secondary N) is 2. The first-order chi connectivity index (χ1) is 11.4. The highest BCUT2D eigenvalue weighted by Gasteiger charge is 2.33. The maximum Gasteiger partial charge on any atom is 0.416 e. The van der Waals surface area contributed by atoms with E-state index in [2.05, 4.69) is 15.6 Å². The van der Waals surface area contributed by atoms with Crippen LogP contribution in [0.25, 0.3) is 0 Å². The molecule has 0 heterocycles. The van der Waals surface area contributed by atoms with Crippen LogP contribution < -0.4 is 10.6 Å². The van der Waals surface area contributed by atoms with Crippen molar-refractivity contribution < 1.29 is 17.6 Å². The molecule has 3 nitrogen and oxygen atoms in total. The molecular weight excluding hydrogens is 449 g/mol. The monoisotopic (exact) mass is 467 g/mol. The van der Waals surface area contributed by atoms with Gasteiger partial charge >= 0.3 is 6.18 Å². The summed E-state index contributed by atoms with van der Waals surface area (Å²) in [7, 11) is 1.52. The molecule has 0 aromatic heterocycles. The fraction of sp³-hybridized carbons (Fsp3) is 0.235. The van der Waals surface area contributed by atoms with Gasteiger partial charge < -0.3 is 10.6 Å². The minimum absolute atomic E-state index is 0. The molecule has 2 aromatic carbocycles. The number of aliphatic imine (C=N–C) groups is 1. The van der Waals surface area contributed by atoms with Crippen LogP contribution in [0.1, 0.15) is 16.7 Å². The van der Waals surface area contributed by atoms with E-state index < -0.39 is 17.6 Å². The number of alkyl halides is 3. The Morgan fingerprint density at radius 2 is 1.64 bits per heavy atom. The highest BCUT2D eigenvalue weighted by atomic mass is 127. The Labute approximate surface area is 160 Å². The van der Waals surface area contributed by atoms with Crippen molar-refractivity contribution in [2.75, 3.05) is 7.05 Å². The first kappa shape index (κ1) is 21.2. The van der Waals surface area contributed by atoms with Gasteiger partial charge in [0.2, 0.25) is 0 Å². The zero-order chi connectivity index (χ0) is 17.6. The first-order valence-electron chi connectivity index (χ1n) is 7.24. The Morgan fingerprint density at radius 1 is 1.00 bits per heavy atom. The van der Waals surface area contributed by atoms with Crippen molar-refractivity contribution in [1.82, 2.24) is 10.6 Å². The molecule has 0 saturated carbocycles. The number of rotatable bonds is 4. The molecule has 136 valence electrons. The second-order valence-corrected chi connectivity index (χ2v) is 5.06. The average Bonchev–Trinajstić information content (AvgIpc) is 2.56. The molecule has 0 amide bonds. The fourth-order valence-electron chi connectivity index (χ4n) is 2.15. The number of hydrogen-bond acceptors (Lipinski definition) is 1. The average molecular weight is 467 g/mol. The van der Waals surface area contributed by atoms with Crippen molar-refractivity contribution in [3.05, 3.63) is 71.0 Å². The van der Waals surface area contributed by atoms with E-state index in [0.29, 0.717) is 18.6 Å². The Bertz CT molecular complexity index is 703. The summed E-state index contributed by atoms with van der Waals surface area (Å²) in [6.07, 6.45) is -4.61. The van der Waals surface area contributed by atoms with Gasteiger partial charge in [-0.25, -0.2) is 4.39 Å². The minimum atomic E-state index is -4.61. The molecule has 0 bridgehead atoms. The van der Waals surface area contributed by atoms with Gasteiger partial charge in [0.15, 0.2) is 5.96 Å². The van der Waals surface area contributed by atoms with Crippen LogP contribution in [0.4, 0.5) is 17.6 Å². The highest BCUT2D eigenvalue weighted by Crippen LogP contribution is 2.32. The van der Waals surface area contributed by atoms with E-state index in [1.54, 1.807) is 0 Å². The van der Waals surface area contributed by atoms with Gasteiger partial charge in [0.05, 0.1) is 5.56 Å². The second kappa shape index (κ2) is 9.59. The van der Waals surface area contributed by atoms with Crippen molar-refractivity contribution in [2.24, 2.45) is 4.99 Å². The van der Waals surface area contributed by atoms with E-state index in [1.807, 2.05) is 30.3 Å².